The molecule has 12 heteroatoms. The van der Waals surface area contributed by atoms with Gasteiger partial charge in [-0.05, 0) is 19.1 Å². The highest BCUT2D eigenvalue weighted by molar-refractivity contribution is 7.19. The van der Waals surface area contributed by atoms with E-state index < -0.39 is 11.5 Å². The first kappa shape index (κ1) is 20.7. The minimum Gasteiger partial charge on any atom is -0.488 e. The minimum atomic E-state index is -0.828. The number of nitrogens with zero attached hydrogens (tertiary/aromatic N) is 5. The van der Waals surface area contributed by atoms with Gasteiger partial charge in [0.2, 0.25) is 16.0 Å². The highest BCUT2D eigenvalue weighted by Gasteiger charge is 2.20. The van der Waals surface area contributed by atoms with Gasteiger partial charge in [0, 0.05) is 24.7 Å². The third-order valence-electron chi connectivity index (χ3n) is 3.58. The Kier molecular flexibility index (Phi) is 6.17. The highest BCUT2D eigenvalue weighted by atomic mass is 32.1. The van der Waals surface area contributed by atoms with Crippen LogP contribution in [0, 0.1) is 0 Å². The molecule has 0 saturated heterocycles. The zero-order valence-electron chi connectivity index (χ0n) is 16.1. The maximum atomic E-state index is 12.6. The number of hydrogen-bond donors (Lipinski definition) is 2. The van der Waals surface area contributed by atoms with Crippen LogP contribution in [0.15, 0.2) is 57.1 Å². The number of methoxy groups -OCH3 is 1. The molecule has 0 atom stereocenters. The molecule has 0 radical (unpaired) electrons. The second-order valence-electron chi connectivity index (χ2n) is 5.72. The standard InChI is InChI=1S/C18H17N7O4S/c1-10(2)25(19-3)18-24-23-17(30-18)22-15(26)12-9-11(14(28-4)16(27)29-12)21-13-7-5-6-8-20-13/h5-9H,1,3H2,2,4H3,(H,20,21)(H,22,23,26). The van der Waals surface area contributed by atoms with E-state index in [1.807, 2.05) is 0 Å². The van der Waals surface area contributed by atoms with Gasteiger partial charge in [0.25, 0.3) is 5.91 Å². The lowest BCUT2D eigenvalue weighted by Gasteiger charge is -2.12. The lowest BCUT2D eigenvalue weighted by molar-refractivity contribution is 0.0991. The van der Waals surface area contributed by atoms with Crippen LogP contribution in [0.25, 0.3) is 0 Å². The number of nitrogens with one attached hydrogen (secondary N) is 2. The van der Waals surface area contributed by atoms with Crippen LogP contribution in [0.3, 0.4) is 0 Å². The van der Waals surface area contributed by atoms with Crippen molar-refractivity contribution in [1.82, 2.24) is 15.2 Å². The van der Waals surface area contributed by atoms with Gasteiger partial charge >= 0.3 is 5.63 Å². The van der Waals surface area contributed by atoms with E-state index in [9.17, 15) is 9.59 Å². The molecule has 0 fully saturated rings. The third-order valence-corrected chi connectivity index (χ3v) is 4.40. The van der Waals surface area contributed by atoms with Gasteiger partial charge in [-0.15, -0.1) is 10.2 Å². The van der Waals surface area contributed by atoms with Gasteiger partial charge in [-0.25, -0.2) is 14.8 Å². The first-order chi connectivity index (χ1) is 14.4. The molecule has 3 aromatic rings. The van der Waals surface area contributed by atoms with Crippen LogP contribution in [0.1, 0.15) is 17.5 Å². The normalized spacial score (nSPS) is 10.2. The largest absolute Gasteiger partial charge is 0.488 e. The lowest BCUT2D eigenvalue weighted by Crippen LogP contribution is -2.17. The van der Waals surface area contributed by atoms with Crippen LogP contribution in [-0.2, 0) is 0 Å². The zero-order valence-corrected chi connectivity index (χ0v) is 16.9. The van der Waals surface area contributed by atoms with E-state index in [4.69, 9.17) is 9.15 Å². The summed E-state index contributed by atoms with van der Waals surface area (Å²) in [6, 6.07) is 6.53. The Morgan fingerprint density at radius 3 is 2.80 bits per heavy atom. The molecule has 0 aliphatic rings. The number of aromatic nitrogens is 3. The number of carbonyl (C=O) groups excluding carboxylic acids is 1. The van der Waals surface area contributed by atoms with Gasteiger partial charge in [0.1, 0.15) is 5.82 Å². The molecule has 2 N–H and O–H groups in total. The van der Waals surface area contributed by atoms with Crippen molar-refractivity contribution in [2.45, 2.75) is 6.92 Å². The summed E-state index contributed by atoms with van der Waals surface area (Å²) in [6.07, 6.45) is 1.58. The average molecular weight is 427 g/mol. The fourth-order valence-electron chi connectivity index (χ4n) is 2.31. The number of hydrogen-bond acceptors (Lipinski definition) is 11. The Bertz CT molecular complexity index is 1140. The van der Waals surface area contributed by atoms with Crippen molar-refractivity contribution in [3.05, 3.63) is 58.9 Å². The predicted molar refractivity (Wildman–Crippen MR) is 114 cm³/mol. The second kappa shape index (κ2) is 8.96. The number of amides is 1. The number of allylic oxidation sites excluding steroid dienone is 1. The molecule has 0 saturated carbocycles. The SMILES string of the molecule is C=NN(C(=C)C)c1nnc(NC(=O)c2cc(Nc3ccccn3)c(OC)c(=O)o2)s1. The van der Waals surface area contributed by atoms with Crippen LogP contribution in [-0.4, -0.2) is 34.9 Å². The maximum Gasteiger partial charge on any atom is 0.381 e. The predicted octanol–water partition coefficient (Wildman–Crippen LogP) is 2.85. The number of carbonyl (C=O) groups is 1. The minimum absolute atomic E-state index is 0.0930. The van der Waals surface area contributed by atoms with Gasteiger partial charge in [-0.3, -0.25) is 10.1 Å². The summed E-state index contributed by atoms with van der Waals surface area (Å²) in [5.41, 5.74) is -0.0314. The number of pyridine rings is 1. The summed E-state index contributed by atoms with van der Waals surface area (Å²) in [5, 5.41) is 18.9. The summed E-state index contributed by atoms with van der Waals surface area (Å²) < 4.78 is 10.2. The summed E-state index contributed by atoms with van der Waals surface area (Å²) in [4.78, 5) is 29.0. The topological polar surface area (TPSA) is 135 Å². The summed E-state index contributed by atoms with van der Waals surface area (Å²) in [5.74, 6) is -0.590. The Morgan fingerprint density at radius 1 is 1.37 bits per heavy atom. The Balaban J connectivity index is 1.86. The molecule has 3 aromatic heterocycles. The van der Waals surface area contributed by atoms with Crippen molar-refractivity contribution < 1.29 is 13.9 Å². The van der Waals surface area contributed by atoms with E-state index in [0.717, 1.165) is 11.3 Å². The summed E-state index contributed by atoms with van der Waals surface area (Å²) in [7, 11) is 1.32. The van der Waals surface area contributed by atoms with E-state index >= 15 is 0 Å². The number of rotatable bonds is 8. The van der Waals surface area contributed by atoms with Gasteiger partial charge in [0.05, 0.1) is 12.8 Å². The maximum absolute atomic E-state index is 12.6. The fraction of sp³-hybridized carbons (Fsp3) is 0.111. The molecule has 0 aliphatic carbocycles. The molecule has 0 spiro atoms. The van der Waals surface area contributed by atoms with Crippen LogP contribution >= 0.6 is 11.3 Å². The van der Waals surface area contributed by atoms with Crippen molar-refractivity contribution in [2.24, 2.45) is 5.10 Å². The van der Waals surface area contributed by atoms with Crippen LogP contribution in [0.4, 0.5) is 21.8 Å². The quantitative estimate of drug-likeness (QED) is 0.411. The number of hydrazone groups is 1. The van der Waals surface area contributed by atoms with Crippen LogP contribution in [0.5, 0.6) is 5.75 Å². The van der Waals surface area contributed by atoms with Crippen LogP contribution in [0.2, 0.25) is 0 Å². The molecule has 0 unspecified atom stereocenters. The van der Waals surface area contributed by atoms with Gasteiger partial charge in [0.15, 0.2) is 5.76 Å². The third kappa shape index (κ3) is 4.50. The first-order valence-electron chi connectivity index (χ1n) is 8.40. The fourth-order valence-corrected chi connectivity index (χ4v) is 3.09. The summed E-state index contributed by atoms with van der Waals surface area (Å²) in [6.45, 7) is 8.92. The Morgan fingerprint density at radius 2 is 2.17 bits per heavy atom. The van der Waals surface area contributed by atoms with E-state index in [-0.39, 0.29) is 22.3 Å². The molecule has 11 nitrogen and oxygen atoms in total. The molecule has 1 amide bonds. The van der Waals surface area contributed by atoms with E-state index in [1.54, 1.807) is 31.3 Å². The Hall–Kier alpha value is -4.06. The molecule has 30 heavy (non-hydrogen) atoms. The Labute approximate surface area is 174 Å². The van der Waals surface area contributed by atoms with Crippen LogP contribution < -0.4 is 26.0 Å². The second-order valence-corrected chi connectivity index (χ2v) is 6.67. The van der Waals surface area contributed by atoms with Crippen molar-refractivity contribution >= 4 is 45.7 Å². The van der Waals surface area contributed by atoms with Crippen molar-refractivity contribution in [3.63, 3.8) is 0 Å². The molecule has 0 aliphatic heterocycles. The van der Waals surface area contributed by atoms with E-state index in [1.165, 1.54) is 18.2 Å². The molecule has 154 valence electrons. The molecule has 0 bridgehead atoms. The molecular formula is C18H17N7O4S. The summed E-state index contributed by atoms with van der Waals surface area (Å²) >= 11 is 1.04. The average Bonchev–Trinajstić information content (AvgIpc) is 3.16. The number of ether oxygens (including phenoxy) is 1. The lowest BCUT2D eigenvalue weighted by atomic mass is 10.3. The smallest absolute Gasteiger partial charge is 0.381 e. The van der Waals surface area contributed by atoms with Gasteiger partial charge in [-0.2, -0.15) is 5.10 Å². The number of anilines is 4. The molecule has 3 heterocycles. The first-order valence-corrected chi connectivity index (χ1v) is 9.22. The monoisotopic (exact) mass is 427 g/mol. The molecule has 0 aromatic carbocycles. The molecular weight excluding hydrogens is 410 g/mol. The van der Waals surface area contributed by atoms with Crippen molar-refractivity contribution in [1.29, 1.82) is 0 Å². The van der Waals surface area contributed by atoms with Gasteiger partial charge in [-0.1, -0.05) is 24.0 Å². The molecule has 3 rings (SSSR count). The van der Waals surface area contributed by atoms with E-state index in [0.29, 0.717) is 16.6 Å². The van der Waals surface area contributed by atoms with Crippen molar-refractivity contribution in [3.8, 4) is 5.75 Å². The zero-order chi connectivity index (χ0) is 21.7. The van der Waals surface area contributed by atoms with Gasteiger partial charge < -0.3 is 14.5 Å². The van der Waals surface area contributed by atoms with Crippen molar-refractivity contribution in [2.75, 3.05) is 22.8 Å². The van der Waals surface area contributed by atoms with E-state index in [2.05, 4.69) is 44.2 Å². The highest BCUT2D eigenvalue weighted by Crippen LogP contribution is 2.28.